The second-order valence-corrected chi connectivity index (χ2v) is 5.06. The first-order chi connectivity index (χ1) is 10.2. The van der Waals surface area contributed by atoms with Gasteiger partial charge in [0.15, 0.2) is 0 Å². The Balaban J connectivity index is 1.83. The molecule has 0 saturated heterocycles. The molecule has 4 heteroatoms. The number of likely N-dealkylation sites (N-methyl/N-ethyl adjacent to an activating group) is 1. The number of nitrogens with one attached hydrogen (secondary N) is 1. The minimum Gasteiger partial charge on any atom is -0.392 e. The third-order valence-electron chi connectivity index (χ3n) is 3.13. The molecule has 0 aliphatic rings. The summed E-state index contributed by atoms with van der Waals surface area (Å²) in [5.41, 5.74) is 2.81. The minimum absolute atomic E-state index is 0.0318. The van der Waals surface area contributed by atoms with E-state index < -0.39 is 0 Å². The van der Waals surface area contributed by atoms with Gasteiger partial charge in [0, 0.05) is 12.2 Å². The van der Waals surface area contributed by atoms with E-state index in [9.17, 15) is 4.79 Å². The van der Waals surface area contributed by atoms with Gasteiger partial charge in [-0.05, 0) is 30.3 Å². The number of rotatable bonds is 6. The average Bonchev–Trinajstić information content (AvgIpc) is 2.48. The van der Waals surface area contributed by atoms with Gasteiger partial charge in [0.1, 0.15) is 0 Å². The summed E-state index contributed by atoms with van der Waals surface area (Å²) in [6.45, 7) is 1.07. The summed E-state index contributed by atoms with van der Waals surface area (Å²) in [7, 11) is 1.91. The molecule has 4 nitrogen and oxygen atoms in total. The molecule has 2 aromatic carbocycles. The number of nitrogens with zero attached hydrogens (tertiary/aromatic N) is 1. The van der Waals surface area contributed by atoms with Crippen molar-refractivity contribution < 1.29 is 9.90 Å². The van der Waals surface area contributed by atoms with Crippen molar-refractivity contribution in [2.75, 3.05) is 18.9 Å². The molecule has 2 rings (SSSR count). The summed E-state index contributed by atoms with van der Waals surface area (Å²) in [6.07, 6.45) is 0. The van der Waals surface area contributed by atoms with E-state index >= 15 is 0 Å². The topological polar surface area (TPSA) is 52.6 Å². The molecule has 1 amide bonds. The van der Waals surface area contributed by atoms with E-state index in [1.165, 1.54) is 0 Å². The third-order valence-corrected chi connectivity index (χ3v) is 3.13. The zero-order chi connectivity index (χ0) is 15.1. The maximum Gasteiger partial charge on any atom is 0.238 e. The van der Waals surface area contributed by atoms with Crippen LogP contribution in [0.1, 0.15) is 11.1 Å². The Labute approximate surface area is 125 Å². The molecule has 0 heterocycles. The van der Waals surface area contributed by atoms with Gasteiger partial charge in [-0.3, -0.25) is 9.69 Å². The van der Waals surface area contributed by atoms with Crippen LogP contribution in [-0.2, 0) is 17.9 Å². The van der Waals surface area contributed by atoms with Crippen molar-refractivity contribution in [2.45, 2.75) is 13.2 Å². The first-order valence-electron chi connectivity index (χ1n) is 6.89. The van der Waals surface area contributed by atoms with Crippen LogP contribution in [0.4, 0.5) is 5.69 Å². The van der Waals surface area contributed by atoms with Crippen molar-refractivity contribution in [1.29, 1.82) is 0 Å². The summed E-state index contributed by atoms with van der Waals surface area (Å²) in [5, 5.41) is 11.9. The molecule has 0 aliphatic heterocycles. The molecule has 2 aromatic rings. The van der Waals surface area contributed by atoms with Crippen LogP contribution in [0.15, 0.2) is 54.6 Å². The quantitative estimate of drug-likeness (QED) is 0.855. The summed E-state index contributed by atoms with van der Waals surface area (Å²) in [4.78, 5) is 13.9. The van der Waals surface area contributed by atoms with Crippen molar-refractivity contribution in [3.8, 4) is 0 Å². The molecule has 21 heavy (non-hydrogen) atoms. The van der Waals surface area contributed by atoms with Crippen LogP contribution < -0.4 is 5.32 Å². The maximum atomic E-state index is 11.9. The third kappa shape index (κ3) is 5.02. The van der Waals surface area contributed by atoms with Gasteiger partial charge in [0.05, 0.1) is 13.2 Å². The molecular weight excluding hydrogens is 264 g/mol. The number of para-hydroxylation sites is 1. The Kier molecular flexibility index (Phi) is 5.49. The number of hydrogen-bond acceptors (Lipinski definition) is 3. The molecule has 0 radical (unpaired) electrons. The zero-order valence-corrected chi connectivity index (χ0v) is 12.1. The lowest BCUT2D eigenvalue weighted by atomic mass is 10.1. The van der Waals surface area contributed by atoms with Crippen molar-refractivity contribution in [1.82, 2.24) is 4.90 Å². The number of amides is 1. The first kappa shape index (κ1) is 15.2. The van der Waals surface area contributed by atoms with E-state index in [1.54, 1.807) is 0 Å². The minimum atomic E-state index is -0.0318. The van der Waals surface area contributed by atoms with Gasteiger partial charge in [0.2, 0.25) is 5.91 Å². The fraction of sp³-hybridized carbons (Fsp3) is 0.235. The van der Waals surface area contributed by atoms with Gasteiger partial charge in [-0.2, -0.15) is 0 Å². The van der Waals surface area contributed by atoms with Gasteiger partial charge < -0.3 is 10.4 Å². The van der Waals surface area contributed by atoms with Crippen LogP contribution in [-0.4, -0.2) is 29.5 Å². The fourth-order valence-electron chi connectivity index (χ4n) is 2.08. The highest BCUT2D eigenvalue weighted by molar-refractivity contribution is 5.92. The Morgan fingerprint density at radius 2 is 1.67 bits per heavy atom. The lowest BCUT2D eigenvalue weighted by Gasteiger charge is -2.16. The van der Waals surface area contributed by atoms with E-state index in [4.69, 9.17) is 5.11 Å². The Bertz CT molecular complexity index is 567. The van der Waals surface area contributed by atoms with Crippen LogP contribution in [0.3, 0.4) is 0 Å². The van der Waals surface area contributed by atoms with Crippen molar-refractivity contribution in [2.24, 2.45) is 0 Å². The van der Waals surface area contributed by atoms with Crippen LogP contribution in [0.25, 0.3) is 0 Å². The van der Waals surface area contributed by atoms with Crippen LogP contribution in [0.5, 0.6) is 0 Å². The lowest BCUT2D eigenvalue weighted by molar-refractivity contribution is -0.117. The molecule has 0 fully saturated rings. The number of carbonyl (C=O) groups is 1. The molecule has 0 spiro atoms. The van der Waals surface area contributed by atoms with Gasteiger partial charge in [-0.15, -0.1) is 0 Å². The van der Waals surface area contributed by atoms with Gasteiger partial charge in [-0.1, -0.05) is 42.5 Å². The van der Waals surface area contributed by atoms with Gasteiger partial charge in [0.25, 0.3) is 0 Å². The molecule has 0 atom stereocenters. The molecule has 2 N–H and O–H groups in total. The van der Waals surface area contributed by atoms with E-state index in [2.05, 4.69) is 5.32 Å². The lowest BCUT2D eigenvalue weighted by Crippen LogP contribution is -2.29. The van der Waals surface area contributed by atoms with Crippen molar-refractivity contribution in [3.63, 3.8) is 0 Å². The zero-order valence-electron chi connectivity index (χ0n) is 12.1. The molecule has 0 saturated carbocycles. The second-order valence-electron chi connectivity index (χ2n) is 5.06. The number of hydrogen-bond donors (Lipinski definition) is 2. The summed E-state index contributed by atoms with van der Waals surface area (Å²) >= 11 is 0. The van der Waals surface area contributed by atoms with Crippen molar-refractivity contribution >= 4 is 11.6 Å². The van der Waals surface area contributed by atoms with Crippen LogP contribution in [0, 0.1) is 0 Å². The Hall–Kier alpha value is -2.17. The number of aliphatic hydroxyl groups is 1. The summed E-state index contributed by atoms with van der Waals surface area (Å²) in [5.74, 6) is -0.0318. The number of aliphatic hydroxyl groups excluding tert-OH is 1. The van der Waals surface area contributed by atoms with E-state index in [1.807, 2.05) is 66.5 Å². The van der Waals surface area contributed by atoms with E-state index in [-0.39, 0.29) is 12.5 Å². The SMILES string of the molecule is CN(CC(=O)Nc1ccccc1)Cc1ccc(CO)cc1. The Morgan fingerprint density at radius 3 is 2.29 bits per heavy atom. The van der Waals surface area contributed by atoms with Gasteiger partial charge in [-0.25, -0.2) is 0 Å². The van der Waals surface area contributed by atoms with E-state index in [0.29, 0.717) is 13.1 Å². The Morgan fingerprint density at radius 1 is 1.05 bits per heavy atom. The van der Waals surface area contributed by atoms with E-state index in [0.717, 1.165) is 16.8 Å². The number of benzene rings is 2. The normalized spacial score (nSPS) is 10.6. The highest BCUT2D eigenvalue weighted by Gasteiger charge is 2.07. The predicted molar refractivity (Wildman–Crippen MR) is 83.8 cm³/mol. The number of carbonyl (C=O) groups excluding carboxylic acids is 1. The second kappa shape index (κ2) is 7.57. The smallest absolute Gasteiger partial charge is 0.238 e. The largest absolute Gasteiger partial charge is 0.392 e. The standard InChI is InChI=1S/C17H20N2O2/c1-19(11-14-7-9-15(13-20)10-8-14)12-17(21)18-16-5-3-2-4-6-16/h2-10,20H,11-13H2,1H3,(H,18,21). The van der Waals surface area contributed by atoms with Crippen molar-refractivity contribution in [3.05, 3.63) is 65.7 Å². The van der Waals surface area contributed by atoms with Crippen LogP contribution in [0.2, 0.25) is 0 Å². The molecular formula is C17H20N2O2. The molecule has 0 aromatic heterocycles. The van der Waals surface area contributed by atoms with Crippen LogP contribution >= 0.6 is 0 Å². The fourth-order valence-corrected chi connectivity index (χ4v) is 2.08. The summed E-state index contributed by atoms with van der Waals surface area (Å²) < 4.78 is 0. The van der Waals surface area contributed by atoms with Gasteiger partial charge >= 0.3 is 0 Å². The highest BCUT2D eigenvalue weighted by Crippen LogP contribution is 2.08. The highest BCUT2D eigenvalue weighted by atomic mass is 16.3. The average molecular weight is 284 g/mol. The monoisotopic (exact) mass is 284 g/mol. The number of anilines is 1. The molecule has 0 aliphatic carbocycles. The summed E-state index contributed by atoms with van der Waals surface area (Å²) in [6, 6.07) is 17.2. The molecule has 110 valence electrons. The molecule has 0 unspecified atom stereocenters. The maximum absolute atomic E-state index is 11.9. The molecule has 0 bridgehead atoms. The first-order valence-corrected chi connectivity index (χ1v) is 6.89. The predicted octanol–water partition coefficient (Wildman–Crippen LogP) is 2.25.